The van der Waals surface area contributed by atoms with Crippen LogP contribution in [0.1, 0.15) is 33.1 Å². The van der Waals surface area contributed by atoms with Crippen molar-refractivity contribution in [1.82, 2.24) is 0 Å². The Hall–Kier alpha value is -0.525. The summed E-state index contributed by atoms with van der Waals surface area (Å²) in [7, 11) is -6.00. The van der Waals surface area contributed by atoms with E-state index in [2.05, 4.69) is 48.3 Å². The smallest absolute Gasteiger partial charge is 0.418 e. The molecule has 0 fully saturated rings. The van der Waals surface area contributed by atoms with E-state index in [1.54, 1.807) is 5.57 Å². The first-order valence-corrected chi connectivity index (χ1v) is 8.36. The van der Waals surface area contributed by atoms with E-state index in [4.69, 9.17) is 0 Å². The van der Waals surface area contributed by atoms with Crippen LogP contribution in [-0.4, -0.2) is 7.25 Å². The van der Waals surface area contributed by atoms with Gasteiger partial charge in [0.15, 0.2) is 7.65 Å². The molecule has 1 aromatic carbocycles. The van der Waals surface area contributed by atoms with Gasteiger partial charge in [0.05, 0.1) is 0 Å². The van der Waals surface area contributed by atoms with Gasteiger partial charge in [-0.1, -0.05) is 31.5 Å². The molecule has 0 radical (unpaired) electrons. The third-order valence-electron chi connectivity index (χ3n) is 2.02. The molecular formula is C13H18BF4I. The topological polar surface area (TPSA) is 0 Å². The van der Waals surface area contributed by atoms with Gasteiger partial charge in [-0.05, 0) is 37.5 Å². The van der Waals surface area contributed by atoms with Crippen LogP contribution in [0.4, 0.5) is 17.3 Å². The van der Waals surface area contributed by atoms with Crippen molar-refractivity contribution in [1.29, 1.82) is 0 Å². The van der Waals surface area contributed by atoms with Crippen LogP contribution >= 0.6 is 0 Å². The lowest BCUT2D eigenvalue weighted by Gasteiger charge is -1.94. The van der Waals surface area contributed by atoms with Crippen LogP contribution in [0.5, 0.6) is 0 Å². The van der Waals surface area contributed by atoms with Crippen molar-refractivity contribution in [2.45, 2.75) is 33.1 Å². The molecule has 0 N–H and O–H groups in total. The summed E-state index contributed by atoms with van der Waals surface area (Å²) in [6.07, 6.45) is 3.92. The fourth-order valence-electron chi connectivity index (χ4n) is 1.15. The average molecular weight is 388 g/mol. The monoisotopic (exact) mass is 388 g/mol. The van der Waals surface area contributed by atoms with Gasteiger partial charge in [-0.15, -0.1) is 0 Å². The molecule has 6 heteroatoms. The predicted octanol–water partition coefficient (Wildman–Crippen LogP) is 2.34. The van der Waals surface area contributed by atoms with E-state index in [0.29, 0.717) is 0 Å². The Labute approximate surface area is 122 Å². The Bertz CT molecular complexity index is 357. The van der Waals surface area contributed by atoms with E-state index < -0.39 is 7.25 Å². The molecule has 0 aromatic heterocycles. The highest BCUT2D eigenvalue weighted by atomic mass is 127. The summed E-state index contributed by atoms with van der Waals surface area (Å²) in [6, 6.07) is 10.8. The zero-order chi connectivity index (χ0) is 14.7. The second-order valence-electron chi connectivity index (χ2n) is 3.96. The fourth-order valence-corrected chi connectivity index (χ4v) is 3.19. The molecule has 0 spiro atoms. The molecule has 0 atom stereocenters. The SMILES string of the molecule is CCCC/C(C)=C/[I+]c1ccccc1.F[B-](F)(F)F. The molecule has 0 unspecified atom stereocenters. The number of hydrogen-bond donors (Lipinski definition) is 0. The minimum Gasteiger partial charge on any atom is -0.418 e. The van der Waals surface area contributed by atoms with Crippen LogP contribution in [0.15, 0.2) is 40.0 Å². The third kappa shape index (κ3) is 15.4. The van der Waals surface area contributed by atoms with Gasteiger partial charge in [0.25, 0.3) is 0 Å². The second-order valence-corrected chi connectivity index (χ2v) is 6.45. The first kappa shape index (κ1) is 18.5. The van der Waals surface area contributed by atoms with Gasteiger partial charge in [-0.2, -0.15) is 0 Å². The van der Waals surface area contributed by atoms with Gasteiger partial charge < -0.3 is 17.3 Å². The quantitative estimate of drug-likeness (QED) is 0.413. The first-order valence-electron chi connectivity index (χ1n) is 6.04. The van der Waals surface area contributed by atoms with Gasteiger partial charge in [0.1, 0.15) is 0 Å². The van der Waals surface area contributed by atoms with Crippen molar-refractivity contribution in [3.63, 3.8) is 0 Å². The molecule has 1 rings (SSSR count). The number of halogens is 5. The van der Waals surface area contributed by atoms with Crippen LogP contribution in [0.25, 0.3) is 0 Å². The van der Waals surface area contributed by atoms with Crippen molar-refractivity contribution in [3.8, 4) is 0 Å². The van der Waals surface area contributed by atoms with E-state index in [-0.39, 0.29) is 21.2 Å². The maximum absolute atomic E-state index is 9.75. The van der Waals surface area contributed by atoms with Gasteiger partial charge >= 0.3 is 28.5 Å². The molecular weight excluding hydrogens is 370 g/mol. The number of unbranched alkanes of at least 4 members (excludes halogenated alkanes) is 1. The maximum Gasteiger partial charge on any atom is 0.673 e. The number of rotatable bonds is 5. The van der Waals surface area contributed by atoms with E-state index >= 15 is 0 Å². The molecule has 19 heavy (non-hydrogen) atoms. The highest BCUT2D eigenvalue weighted by Gasteiger charge is 2.20. The highest BCUT2D eigenvalue weighted by molar-refractivity contribution is 6.50. The lowest BCUT2D eigenvalue weighted by atomic mass is 10.2. The van der Waals surface area contributed by atoms with Crippen molar-refractivity contribution < 1.29 is 38.5 Å². The molecule has 0 bridgehead atoms. The number of hydrogen-bond acceptors (Lipinski definition) is 0. The van der Waals surface area contributed by atoms with Crippen molar-refractivity contribution >= 4 is 7.25 Å². The molecule has 0 heterocycles. The molecule has 0 saturated carbocycles. The highest BCUT2D eigenvalue weighted by Crippen LogP contribution is 2.06. The molecule has 0 aliphatic carbocycles. The van der Waals surface area contributed by atoms with Crippen LogP contribution in [0.3, 0.4) is 0 Å². The van der Waals surface area contributed by atoms with Crippen molar-refractivity contribution in [3.05, 3.63) is 43.6 Å². The minimum atomic E-state index is -6.00. The van der Waals surface area contributed by atoms with Gasteiger partial charge in [0.2, 0.25) is 0 Å². The van der Waals surface area contributed by atoms with Crippen molar-refractivity contribution in [2.75, 3.05) is 0 Å². The fraction of sp³-hybridized carbons (Fsp3) is 0.385. The summed E-state index contributed by atoms with van der Waals surface area (Å²) in [6.45, 7) is 4.51. The molecule has 0 nitrogen and oxygen atoms in total. The Morgan fingerprint density at radius 3 is 2.16 bits per heavy atom. The molecule has 1 aromatic rings. The summed E-state index contributed by atoms with van der Waals surface area (Å²) >= 11 is 0.107. The van der Waals surface area contributed by atoms with Gasteiger partial charge in [-0.25, -0.2) is 0 Å². The van der Waals surface area contributed by atoms with Crippen molar-refractivity contribution in [2.24, 2.45) is 0 Å². The van der Waals surface area contributed by atoms with E-state index in [0.717, 1.165) is 0 Å². The normalized spacial score (nSPS) is 11.8. The molecule has 108 valence electrons. The molecule has 0 amide bonds. The predicted molar refractivity (Wildman–Crippen MR) is 68.6 cm³/mol. The Kier molecular flexibility index (Phi) is 10.0. The zero-order valence-corrected chi connectivity index (χ0v) is 13.2. The minimum absolute atomic E-state index is 0.107. The standard InChI is InChI=1S/C13H18I.BF4/c1-3-4-8-12(2)11-14-13-9-6-5-7-10-13;2-1(3,4)5/h5-7,9-11H,3-4,8H2,1-2H3;/q+1;-1/b12-11+;. The van der Waals surface area contributed by atoms with Gasteiger partial charge in [-0.3, -0.25) is 0 Å². The van der Waals surface area contributed by atoms with E-state index in [1.807, 2.05) is 0 Å². The van der Waals surface area contributed by atoms with Crippen LogP contribution < -0.4 is 21.2 Å². The lowest BCUT2D eigenvalue weighted by Crippen LogP contribution is -3.59. The lowest BCUT2D eigenvalue weighted by molar-refractivity contribution is -0.557. The van der Waals surface area contributed by atoms with Crippen LogP contribution in [0.2, 0.25) is 0 Å². The van der Waals surface area contributed by atoms with Crippen LogP contribution in [0, 0.1) is 3.57 Å². The van der Waals surface area contributed by atoms with E-state index in [9.17, 15) is 17.3 Å². The summed E-state index contributed by atoms with van der Waals surface area (Å²) in [5.41, 5.74) is 1.57. The largest absolute Gasteiger partial charge is 0.673 e. The van der Waals surface area contributed by atoms with Crippen LogP contribution in [-0.2, 0) is 0 Å². The summed E-state index contributed by atoms with van der Waals surface area (Å²) in [5, 5.41) is 0. The Morgan fingerprint density at radius 2 is 1.68 bits per heavy atom. The summed E-state index contributed by atoms with van der Waals surface area (Å²) in [4.78, 5) is 0. The first-order chi connectivity index (χ1) is 8.83. The molecule has 0 saturated heterocycles. The van der Waals surface area contributed by atoms with Gasteiger partial charge in [0, 0.05) is 0 Å². The average Bonchev–Trinajstić information content (AvgIpc) is 2.33. The number of allylic oxidation sites excluding steroid dienone is 1. The Balaban J connectivity index is 0.000000555. The number of benzene rings is 1. The Morgan fingerprint density at radius 1 is 1.16 bits per heavy atom. The summed E-state index contributed by atoms with van der Waals surface area (Å²) in [5.74, 6) is 0. The third-order valence-corrected chi connectivity index (χ3v) is 4.84. The molecule has 0 aliphatic heterocycles. The zero-order valence-electron chi connectivity index (χ0n) is 11.1. The summed E-state index contributed by atoms with van der Waals surface area (Å²) < 4.78 is 43.0. The maximum atomic E-state index is 9.75. The van der Waals surface area contributed by atoms with E-state index in [1.165, 1.54) is 22.8 Å². The molecule has 0 aliphatic rings. The second kappa shape index (κ2) is 10.3.